The molecular formula is C22H14Cl3N3O3. The quantitative estimate of drug-likeness (QED) is 0.261. The summed E-state index contributed by atoms with van der Waals surface area (Å²) in [6.45, 7) is 0. The first-order valence-electron chi connectivity index (χ1n) is 9.07. The minimum Gasteiger partial charge on any atom is -0.429 e. The van der Waals surface area contributed by atoms with Crippen molar-refractivity contribution in [3.8, 4) is 0 Å². The molecule has 1 amide bonds. The van der Waals surface area contributed by atoms with Crippen LogP contribution in [0, 0.1) is 0 Å². The molecule has 0 saturated carbocycles. The van der Waals surface area contributed by atoms with Crippen molar-refractivity contribution in [2.24, 2.45) is 4.99 Å². The number of halogens is 3. The van der Waals surface area contributed by atoms with Gasteiger partial charge in [-0.15, -0.1) is 0 Å². The van der Waals surface area contributed by atoms with Crippen molar-refractivity contribution in [1.82, 2.24) is 9.13 Å². The van der Waals surface area contributed by atoms with Crippen LogP contribution >= 0.6 is 34.8 Å². The van der Waals surface area contributed by atoms with E-state index in [4.69, 9.17) is 34.8 Å². The Kier molecular flexibility index (Phi) is 5.87. The lowest BCUT2D eigenvalue weighted by Gasteiger charge is -2.03. The van der Waals surface area contributed by atoms with Crippen LogP contribution in [0.3, 0.4) is 0 Å². The van der Waals surface area contributed by atoms with E-state index < -0.39 is 11.7 Å². The number of benzene rings is 1. The van der Waals surface area contributed by atoms with Gasteiger partial charge in [0.15, 0.2) is 0 Å². The number of ketones is 1. The molecule has 0 unspecified atom stereocenters. The van der Waals surface area contributed by atoms with Crippen LogP contribution in [0.4, 0.5) is 0 Å². The summed E-state index contributed by atoms with van der Waals surface area (Å²) in [7, 11) is 0. The van der Waals surface area contributed by atoms with E-state index >= 15 is 0 Å². The van der Waals surface area contributed by atoms with Crippen molar-refractivity contribution in [3.05, 3.63) is 104 Å². The minimum absolute atomic E-state index is 0.0682. The van der Waals surface area contributed by atoms with E-state index in [1.165, 1.54) is 0 Å². The number of aromatic nitrogens is 2. The Hall–Kier alpha value is -3.06. The fraction of sp³-hybridized carbons (Fsp3) is 0.0455. The zero-order valence-electron chi connectivity index (χ0n) is 15.8. The van der Waals surface area contributed by atoms with Crippen molar-refractivity contribution >= 4 is 52.0 Å². The number of amides is 1. The molecule has 1 N–H and O–H groups in total. The van der Waals surface area contributed by atoms with Gasteiger partial charge < -0.3 is 9.61 Å². The summed E-state index contributed by atoms with van der Waals surface area (Å²) in [5, 5.41) is 9.85. The maximum Gasteiger partial charge on any atom is 0.318 e. The van der Waals surface area contributed by atoms with Gasteiger partial charge in [0.25, 0.3) is 5.78 Å². The van der Waals surface area contributed by atoms with Gasteiger partial charge in [0.05, 0.1) is 33.5 Å². The van der Waals surface area contributed by atoms with Crippen molar-refractivity contribution in [3.63, 3.8) is 0 Å². The summed E-state index contributed by atoms with van der Waals surface area (Å²) in [6, 6.07) is 14.4. The summed E-state index contributed by atoms with van der Waals surface area (Å²) >= 11 is 17.9. The van der Waals surface area contributed by atoms with Crippen LogP contribution in [-0.4, -0.2) is 26.0 Å². The van der Waals surface area contributed by atoms with Crippen molar-refractivity contribution in [2.75, 3.05) is 0 Å². The maximum atomic E-state index is 12.9. The lowest BCUT2D eigenvalue weighted by atomic mass is 10.1. The summed E-state index contributed by atoms with van der Waals surface area (Å²) in [6.07, 6.45) is 4.59. The topological polar surface area (TPSA) is 76.1 Å². The monoisotopic (exact) mass is 473 g/mol. The average Bonchev–Trinajstić information content (AvgIpc) is 3.10. The number of hydrogen-bond donors (Lipinski definition) is 1. The van der Waals surface area contributed by atoms with E-state index in [1.54, 1.807) is 30.3 Å². The summed E-state index contributed by atoms with van der Waals surface area (Å²) in [5.41, 5.74) is 2.63. The molecule has 31 heavy (non-hydrogen) atoms. The third-order valence-corrected chi connectivity index (χ3v) is 5.46. The molecule has 9 heteroatoms. The fourth-order valence-electron chi connectivity index (χ4n) is 3.23. The largest absolute Gasteiger partial charge is 0.429 e. The maximum absolute atomic E-state index is 12.9. The number of nitrogens with zero attached hydrogens (tertiary/aromatic N) is 3. The van der Waals surface area contributed by atoms with Crippen LogP contribution in [0.25, 0.3) is 5.52 Å². The number of carbonyl (C=O) groups excluding carboxylic acids is 2. The highest BCUT2D eigenvalue weighted by molar-refractivity contribution is 6.45. The van der Waals surface area contributed by atoms with Crippen LogP contribution in [-0.2, 0) is 11.2 Å². The van der Waals surface area contributed by atoms with Crippen LogP contribution in [0.2, 0.25) is 15.1 Å². The van der Waals surface area contributed by atoms with E-state index in [-0.39, 0.29) is 21.0 Å². The number of hydrogen-bond acceptors (Lipinski definition) is 3. The summed E-state index contributed by atoms with van der Waals surface area (Å²) in [4.78, 5) is 29.4. The van der Waals surface area contributed by atoms with Crippen LogP contribution in [0.15, 0.2) is 72.1 Å². The molecule has 0 aliphatic carbocycles. The second kappa shape index (κ2) is 8.59. The van der Waals surface area contributed by atoms with Crippen molar-refractivity contribution in [2.45, 2.75) is 6.42 Å². The van der Waals surface area contributed by atoms with Crippen molar-refractivity contribution in [1.29, 1.82) is 0 Å². The number of Topliss-reactive ketones (excluding diaryl/α,β-unsaturated/α-hetero) is 1. The second-order valence-corrected chi connectivity index (χ2v) is 7.99. The van der Waals surface area contributed by atoms with Gasteiger partial charge in [-0.1, -0.05) is 53.0 Å². The summed E-state index contributed by atoms with van der Waals surface area (Å²) < 4.78 is 2.49. The molecule has 4 rings (SSSR count). The van der Waals surface area contributed by atoms with E-state index in [2.05, 4.69) is 4.99 Å². The third kappa shape index (κ3) is 4.37. The lowest BCUT2D eigenvalue weighted by Crippen LogP contribution is -2.18. The first kappa shape index (κ1) is 21.2. The molecule has 156 valence electrons. The van der Waals surface area contributed by atoms with E-state index in [1.807, 2.05) is 28.8 Å². The Morgan fingerprint density at radius 3 is 2.32 bits per heavy atom. The Morgan fingerprint density at radius 1 is 0.968 bits per heavy atom. The smallest absolute Gasteiger partial charge is 0.318 e. The molecule has 0 saturated heterocycles. The molecule has 0 aliphatic rings. The molecule has 0 radical (unpaired) electrons. The molecule has 3 aromatic heterocycles. The number of fused-ring (bicyclic) bond motifs is 1. The molecule has 1 aromatic carbocycles. The zero-order valence-corrected chi connectivity index (χ0v) is 18.1. The normalized spacial score (nSPS) is 10.9. The van der Waals surface area contributed by atoms with Gasteiger partial charge in [-0.2, -0.15) is 4.73 Å². The van der Waals surface area contributed by atoms with Crippen LogP contribution in [0.5, 0.6) is 0 Å². The molecule has 0 bridgehead atoms. The molecule has 4 aromatic rings. The zero-order chi connectivity index (χ0) is 22.1. The van der Waals surface area contributed by atoms with E-state index in [0.29, 0.717) is 21.7 Å². The highest BCUT2D eigenvalue weighted by Gasteiger charge is 2.22. The van der Waals surface area contributed by atoms with Crippen molar-refractivity contribution < 1.29 is 14.8 Å². The third-order valence-electron chi connectivity index (χ3n) is 4.65. The predicted molar refractivity (Wildman–Crippen MR) is 118 cm³/mol. The molecular weight excluding hydrogens is 461 g/mol. The van der Waals surface area contributed by atoms with Gasteiger partial charge in [0.2, 0.25) is 0 Å². The standard InChI is InChI=1S/C22H14Cl3N3O3/c23-14-6-4-13(5-7-14)9-15-10-16(19-3-1-2-8-28(15)19)21(29)22(30)26-20-17(24)11-27(31)12-18(20)25/h1-8,10-12,31H,9H2. The van der Waals surface area contributed by atoms with Gasteiger partial charge in [-0.05, 0) is 35.9 Å². The first-order chi connectivity index (χ1) is 14.8. The van der Waals surface area contributed by atoms with Crippen LogP contribution in [0.1, 0.15) is 21.6 Å². The predicted octanol–water partition coefficient (Wildman–Crippen LogP) is 4.84. The highest BCUT2D eigenvalue weighted by atomic mass is 35.5. The van der Waals surface area contributed by atoms with E-state index in [0.717, 1.165) is 23.7 Å². The molecule has 0 fully saturated rings. The van der Waals surface area contributed by atoms with Crippen LogP contribution < -0.4 is 5.36 Å². The lowest BCUT2D eigenvalue weighted by molar-refractivity contribution is -0.114. The second-order valence-electron chi connectivity index (χ2n) is 6.74. The van der Waals surface area contributed by atoms with Gasteiger partial charge in [0, 0.05) is 23.3 Å². The minimum atomic E-state index is -1.02. The molecule has 0 atom stereocenters. The van der Waals surface area contributed by atoms with Gasteiger partial charge in [0.1, 0.15) is 5.36 Å². The SMILES string of the molecule is O=C(N=c1c(Cl)cn(O)cc1Cl)C(=O)c1cc(Cc2ccc(Cl)cc2)n2ccccc12. The fourth-order valence-corrected chi connectivity index (χ4v) is 3.90. The Balaban J connectivity index is 1.74. The number of pyridine rings is 2. The number of rotatable bonds is 4. The number of carbonyl (C=O) groups is 2. The Labute approximate surface area is 191 Å². The molecule has 0 aliphatic heterocycles. The summed E-state index contributed by atoms with van der Waals surface area (Å²) in [5.74, 6) is -1.81. The first-order valence-corrected chi connectivity index (χ1v) is 10.2. The Morgan fingerprint density at radius 2 is 1.65 bits per heavy atom. The van der Waals surface area contributed by atoms with Gasteiger partial charge in [-0.3, -0.25) is 9.59 Å². The van der Waals surface area contributed by atoms with Gasteiger partial charge in [-0.25, -0.2) is 4.99 Å². The van der Waals surface area contributed by atoms with Gasteiger partial charge >= 0.3 is 5.91 Å². The Bertz CT molecular complexity index is 1360. The van der Waals surface area contributed by atoms with E-state index in [9.17, 15) is 14.8 Å². The molecule has 0 spiro atoms. The average molecular weight is 475 g/mol. The molecule has 3 heterocycles. The molecule has 6 nitrogen and oxygen atoms in total. The highest BCUT2D eigenvalue weighted by Crippen LogP contribution is 2.22.